The lowest BCUT2D eigenvalue weighted by molar-refractivity contribution is -0.173. The number of carbonyl (C=O) groups is 5. The quantitative estimate of drug-likeness (QED) is 0.166. The van der Waals surface area contributed by atoms with Crippen molar-refractivity contribution in [2.24, 2.45) is 5.41 Å². The Morgan fingerprint density at radius 3 is 2.44 bits per heavy atom. The maximum absolute atomic E-state index is 13.4. The highest BCUT2D eigenvalue weighted by molar-refractivity contribution is 8.00. The van der Waals surface area contributed by atoms with Gasteiger partial charge >= 0.3 is 18.0 Å². The first kappa shape index (κ1) is 34.1. The van der Waals surface area contributed by atoms with E-state index in [0.29, 0.717) is 23.4 Å². The number of thioether (sulfide) groups is 1. The summed E-state index contributed by atoms with van der Waals surface area (Å²) in [7, 11) is 1.47. The lowest BCUT2D eigenvalue weighted by Gasteiger charge is -2.49. The summed E-state index contributed by atoms with van der Waals surface area (Å²) in [6.45, 7) is 11.6. The van der Waals surface area contributed by atoms with E-state index in [2.05, 4.69) is 15.6 Å². The van der Waals surface area contributed by atoms with E-state index in [1.165, 1.54) is 23.8 Å². The van der Waals surface area contributed by atoms with Crippen molar-refractivity contribution in [1.82, 2.24) is 15.2 Å². The Labute approximate surface area is 258 Å². The molecule has 2 N–H and O–H groups in total. The number of thiazole rings is 1. The fourth-order valence-electron chi connectivity index (χ4n) is 3.96. The minimum Gasteiger partial charge on any atom is -0.444 e. The van der Waals surface area contributed by atoms with Gasteiger partial charge in [0, 0.05) is 18.2 Å². The van der Waals surface area contributed by atoms with Crippen LogP contribution in [0.25, 0.3) is 5.57 Å². The number of allylic oxidation sites excluding steroid dienone is 1. The molecule has 1 aromatic rings. The smallest absolute Gasteiger partial charge is 0.413 e. The number of esters is 2. The van der Waals surface area contributed by atoms with Crippen molar-refractivity contribution in [3.8, 4) is 0 Å². The lowest BCUT2D eigenvalue weighted by atomic mass is 9.98. The number of aromatic nitrogens is 1. The molecule has 2 aliphatic rings. The first-order valence-electron chi connectivity index (χ1n) is 13.5. The van der Waals surface area contributed by atoms with Gasteiger partial charge in [-0.3, -0.25) is 24.6 Å². The zero-order valence-electron chi connectivity index (χ0n) is 25.5. The van der Waals surface area contributed by atoms with Crippen LogP contribution in [0.15, 0.2) is 22.7 Å². The third kappa shape index (κ3) is 8.57. The van der Waals surface area contributed by atoms with E-state index in [9.17, 15) is 24.0 Å². The molecule has 3 rings (SSSR count). The van der Waals surface area contributed by atoms with E-state index < -0.39 is 59.1 Å². The standard InChI is InChI=1S/C28H38N4O9S2/c1-9-10-16(17-13-43-25(29-17)31-26(37)41-28(5,6)7)20(33)30-18-21(34)32-19(15(11-38-8)12-42-22(18)32)23(35)39-14-40-24(36)27(2,3)4/h10,13,18,22H,9,11-12,14H2,1-8H3,(H,30,33)(H,29,31,37)/b16-10-/t18-,22-/m1/s1. The third-order valence-electron chi connectivity index (χ3n) is 5.88. The minimum atomic E-state index is -0.915. The molecular formula is C28H38N4O9S2. The van der Waals surface area contributed by atoms with Crippen LogP contribution in [0.4, 0.5) is 9.93 Å². The van der Waals surface area contributed by atoms with Crippen LogP contribution in [-0.2, 0) is 38.1 Å². The highest BCUT2D eigenvalue weighted by atomic mass is 32.2. The molecule has 236 valence electrons. The number of rotatable bonds is 10. The Kier molecular flexibility index (Phi) is 11.0. The van der Waals surface area contributed by atoms with Crippen LogP contribution in [0.3, 0.4) is 0 Å². The summed E-state index contributed by atoms with van der Waals surface area (Å²) in [4.78, 5) is 69.5. The van der Waals surface area contributed by atoms with Gasteiger partial charge in [0.1, 0.15) is 22.7 Å². The summed E-state index contributed by atoms with van der Waals surface area (Å²) >= 11 is 2.50. The van der Waals surface area contributed by atoms with Gasteiger partial charge in [-0.05, 0) is 53.5 Å². The van der Waals surface area contributed by atoms with Crippen molar-refractivity contribution in [2.75, 3.05) is 31.6 Å². The average molecular weight is 639 g/mol. The molecule has 0 bridgehead atoms. The highest BCUT2D eigenvalue weighted by Gasteiger charge is 2.54. The largest absolute Gasteiger partial charge is 0.444 e. The number of amides is 3. The van der Waals surface area contributed by atoms with Crippen molar-refractivity contribution < 1.29 is 42.9 Å². The number of hydrogen-bond acceptors (Lipinski definition) is 12. The Morgan fingerprint density at radius 1 is 1.14 bits per heavy atom. The number of β-lactam (4-membered cyclic amide) rings is 1. The van der Waals surface area contributed by atoms with Crippen LogP contribution < -0.4 is 10.6 Å². The van der Waals surface area contributed by atoms with Crippen molar-refractivity contribution >= 4 is 63.6 Å². The van der Waals surface area contributed by atoms with Gasteiger partial charge in [0.05, 0.1) is 23.3 Å². The maximum Gasteiger partial charge on any atom is 0.413 e. The topological polar surface area (TPSA) is 162 Å². The van der Waals surface area contributed by atoms with Gasteiger partial charge in [-0.15, -0.1) is 23.1 Å². The van der Waals surface area contributed by atoms with Crippen LogP contribution in [0.5, 0.6) is 0 Å². The van der Waals surface area contributed by atoms with Gasteiger partial charge in [0.25, 0.3) is 11.8 Å². The third-order valence-corrected chi connectivity index (χ3v) is 7.98. The number of nitrogens with one attached hydrogen (secondary N) is 2. The first-order valence-corrected chi connectivity index (χ1v) is 15.5. The van der Waals surface area contributed by atoms with Gasteiger partial charge < -0.3 is 24.3 Å². The van der Waals surface area contributed by atoms with E-state index >= 15 is 0 Å². The zero-order valence-corrected chi connectivity index (χ0v) is 27.2. The highest BCUT2D eigenvalue weighted by Crippen LogP contribution is 2.41. The molecule has 0 unspecified atom stereocenters. The predicted octanol–water partition coefficient (Wildman–Crippen LogP) is 3.67. The molecule has 3 heterocycles. The van der Waals surface area contributed by atoms with Crippen molar-refractivity contribution in [2.45, 2.75) is 71.9 Å². The van der Waals surface area contributed by atoms with Gasteiger partial charge in [-0.2, -0.15) is 0 Å². The second-order valence-corrected chi connectivity index (χ2v) is 13.6. The van der Waals surface area contributed by atoms with E-state index in [1.807, 2.05) is 6.92 Å². The average Bonchev–Trinajstić information content (AvgIpc) is 3.35. The summed E-state index contributed by atoms with van der Waals surface area (Å²) in [6.07, 6.45) is 1.52. The molecule has 1 saturated heterocycles. The molecule has 0 aliphatic carbocycles. The fraction of sp³-hybridized carbons (Fsp3) is 0.571. The SMILES string of the molecule is CC/C=C(\C(=O)N[C@@H]1C(=O)N2C(C(=O)OCOC(=O)C(C)(C)C)=C(COC)CS[C@H]12)c1csc(NC(=O)OC(C)(C)C)n1. The number of fused-ring (bicyclic) bond motifs is 1. The molecule has 1 fully saturated rings. The Hall–Kier alpha value is -3.43. The normalized spacial score (nSPS) is 18.8. The van der Waals surface area contributed by atoms with Gasteiger partial charge in [-0.1, -0.05) is 13.0 Å². The van der Waals surface area contributed by atoms with Crippen molar-refractivity contribution in [3.05, 3.63) is 28.4 Å². The summed E-state index contributed by atoms with van der Waals surface area (Å²) in [5, 5.41) is 6.63. The van der Waals surface area contributed by atoms with Gasteiger partial charge in [0.2, 0.25) is 6.79 Å². The molecule has 0 radical (unpaired) electrons. The summed E-state index contributed by atoms with van der Waals surface area (Å²) in [5.74, 6) is -2.06. The fourth-order valence-corrected chi connectivity index (χ4v) is 5.98. The van der Waals surface area contributed by atoms with Gasteiger partial charge in [0.15, 0.2) is 5.13 Å². The van der Waals surface area contributed by atoms with Crippen LogP contribution in [-0.4, -0.2) is 83.0 Å². The Morgan fingerprint density at radius 2 is 1.84 bits per heavy atom. The molecule has 15 heteroatoms. The molecule has 43 heavy (non-hydrogen) atoms. The van der Waals surface area contributed by atoms with Crippen LogP contribution in [0.1, 0.15) is 60.6 Å². The zero-order chi connectivity index (χ0) is 32.1. The molecule has 0 saturated carbocycles. The van der Waals surface area contributed by atoms with Gasteiger partial charge in [-0.25, -0.2) is 14.6 Å². The Bertz CT molecular complexity index is 1320. The maximum atomic E-state index is 13.4. The van der Waals surface area contributed by atoms with E-state index in [1.54, 1.807) is 53.0 Å². The van der Waals surface area contributed by atoms with Crippen LogP contribution >= 0.6 is 23.1 Å². The number of nitrogens with zero attached hydrogens (tertiary/aromatic N) is 2. The second-order valence-electron chi connectivity index (χ2n) is 11.7. The monoisotopic (exact) mass is 638 g/mol. The number of methoxy groups -OCH3 is 1. The summed E-state index contributed by atoms with van der Waals surface area (Å²) in [6, 6.07) is -0.915. The van der Waals surface area contributed by atoms with Crippen molar-refractivity contribution in [1.29, 1.82) is 0 Å². The van der Waals surface area contributed by atoms with Crippen LogP contribution in [0, 0.1) is 5.41 Å². The molecule has 3 amide bonds. The number of anilines is 1. The molecule has 0 aromatic carbocycles. The van der Waals surface area contributed by atoms with Crippen molar-refractivity contribution in [3.63, 3.8) is 0 Å². The second kappa shape index (κ2) is 13.9. The lowest BCUT2D eigenvalue weighted by Crippen LogP contribution is -2.70. The predicted molar refractivity (Wildman–Crippen MR) is 161 cm³/mol. The van der Waals surface area contributed by atoms with E-state index in [0.717, 1.165) is 11.3 Å². The molecule has 1 aromatic heterocycles. The van der Waals surface area contributed by atoms with Crippen LogP contribution in [0.2, 0.25) is 0 Å². The minimum absolute atomic E-state index is 0.00888. The molecule has 2 aliphatic heterocycles. The number of carbonyl (C=O) groups excluding carboxylic acids is 5. The summed E-state index contributed by atoms with van der Waals surface area (Å²) < 4.78 is 20.7. The molecule has 0 spiro atoms. The summed E-state index contributed by atoms with van der Waals surface area (Å²) in [5.41, 5.74) is -0.362. The van der Waals surface area contributed by atoms with E-state index in [4.69, 9.17) is 18.9 Å². The number of ether oxygens (including phenoxy) is 4. The molecular weight excluding hydrogens is 600 g/mol. The molecule has 2 atom stereocenters. The van der Waals surface area contributed by atoms with E-state index in [-0.39, 0.29) is 23.0 Å². The first-order chi connectivity index (χ1) is 20.1. The number of hydrogen-bond donors (Lipinski definition) is 2. The Balaban J connectivity index is 1.71. The molecule has 13 nitrogen and oxygen atoms in total.